The van der Waals surface area contributed by atoms with E-state index in [1.165, 1.54) is 13.0 Å². The van der Waals surface area contributed by atoms with Gasteiger partial charge in [0.25, 0.3) is 5.91 Å². The number of nitrogens with one attached hydrogen (secondary N) is 1. The third-order valence-corrected chi connectivity index (χ3v) is 3.69. The highest BCUT2D eigenvalue weighted by Gasteiger charge is 2.15. The number of benzene rings is 1. The van der Waals surface area contributed by atoms with E-state index in [0.29, 0.717) is 11.3 Å². The number of hydrogen-bond donors (Lipinski definition) is 1. The van der Waals surface area contributed by atoms with E-state index in [9.17, 15) is 19.5 Å². The molecule has 0 saturated carbocycles. The Morgan fingerprint density at radius 1 is 1.32 bits per heavy atom. The number of carboxylic acid groups (broad SMARTS) is 1. The van der Waals surface area contributed by atoms with Gasteiger partial charge in [-0.05, 0) is 37.5 Å². The van der Waals surface area contributed by atoms with Gasteiger partial charge in [-0.25, -0.2) is 4.79 Å². The maximum atomic E-state index is 11.7. The molecule has 7 heteroatoms. The van der Waals surface area contributed by atoms with E-state index >= 15 is 0 Å². The molecule has 134 valence electrons. The van der Waals surface area contributed by atoms with Gasteiger partial charge in [0.05, 0.1) is 12.5 Å². The highest BCUT2D eigenvalue weighted by atomic mass is 16.5. The van der Waals surface area contributed by atoms with Gasteiger partial charge in [0, 0.05) is 17.5 Å². The van der Waals surface area contributed by atoms with Gasteiger partial charge < -0.3 is 24.4 Å². The standard InChI is InChI=1S/C18H21NO6/c1-3-4-5-12-8-17(22)25-15-9-13(6-7-14(12)15)24-11(2)18(23)19-10-16(20)21/h6-9,11H,3-5,10H2,1-2H3,(H,19,23)(H,20,21)/p-1/t11-/m1/s1. The Morgan fingerprint density at radius 3 is 2.76 bits per heavy atom. The lowest BCUT2D eigenvalue weighted by atomic mass is 10.0. The fourth-order valence-electron chi connectivity index (χ4n) is 2.42. The number of amides is 1. The number of fused-ring (bicyclic) bond motifs is 1. The lowest BCUT2D eigenvalue weighted by Crippen LogP contribution is -2.43. The number of carbonyl (C=O) groups excluding carboxylic acids is 2. The quantitative estimate of drug-likeness (QED) is 0.707. The van der Waals surface area contributed by atoms with Crippen molar-refractivity contribution in [3.63, 3.8) is 0 Å². The van der Waals surface area contributed by atoms with Crippen molar-refractivity contribution in [1.82, 2.24) is 5.32 Å². The smallest absolute Gasteiger partial charge is 0.336 e. The van der Waals surface area contributed by atoms with Crippen LogP contribution < -0.4 is 20.8 Å². The number of ether oxygens (including phenoxy) is 1. The second kappa shape index (κ2) is 8.32. The van der Waals surface area contributed by atoms with Crippen molar-refractivity contribution in [1.29, 1.82) is 0 Å². The molecule has 1 aromatic heterocycles. The summed E-state index contributed by atoms with van der Waals surface area (Å²) in [6.45, 7) is 2.98. The van der Waals surface area contributed by atoms with Gasteiger partial charge in [-0.1, -0.05) is 13.3 Å². The molecule has 1 atom stereocenters. The summed E-state index contributed by atoms with van der Waals surface area (Å²) in [5, 5.41) is 13.4. The molecule has 2 rings (SSSR count). The fourth-order valence-corrected chi connectivity index (χ4v) is 2.42. The number of unbranched alkanes of at least 4 members (excludes halogenated alkanes) is 1. The summed E-state index contributed by atoms with van der Waals surface area (Å²) < 4.78 is 10.7. The molecule has 0 fully saturated rings. The number of aryl methyl sites for hydroxylation is 1. The Morgan fingerprint density at radius 2 is 2.08 bits per heavy atom. The number of rotatable bonds is 8. The van der Waals surface area contributed by atoms with Crippen LogP contribution in [-0.4, -0.2) is 24.5 Å². The lowest BCUT2D eigenvalue weighted by molar-refractivity contribution is -0.304. The molecule has 0 saturated heterocycles. The van der Waals surface area contributed by atoms with Crippen molar-refractivity contribution >= 4 is 22.8 Å². The Labute approximate surface area is 144 Å². The predicted molar refractivity (Wildman–Crippen MR) is 89.2 cm³/mol. The molecule has 25 heavy (non-hydrogen) atoms. The van der Waals surface area contributed by atoms with Gasteiger partial charge in [-0.2, -0.15) is 0 Å². The van der Waals surface area contributed by atoms with Crippen LogP contribution in [0.2, 0.25) is 0 Å². The summed E-state index contributed by atoms with van der Waals surface area (Å²) in [4.78, 5) is 33.8. The van der Waals surface area contributed by atoms with Crippen LogP contribution in [0.5, 0.6) is 5.75 Å². The van der Waals surface area contributed by atoms with E-state index in [1.807, 2.05) is 0 Å². The number of carbonyl (C=O) groups is 2. The first-order valence-electron chi connectivity index (χ1n) is 8.11. The van der Waals surface area contributed by atoms with Crippen molar-refractivity contribution in [2.45, 2.75) is 39.2 Å². The van der Waals surface area contributed by atoms with E-state index in [1.54, 1.807) is 18.2 Å². The highest BCUT2D eigenvalue weighted by molar-refractivity contribution is 5.84. The van der Waals surface area contributed by atoms with Gasteiger partial charge in [-0.15, -0.1) is 0 Å². The van der Waals surface area contributed by atoms with E-state index in [0.717, 1.165) is 30.2 Å². The molecular formula is C18H20NO6-. The zero-order valence-electron chi connectivity index (χ0n) is 14.2. The van der Waals surface area contributed by atoms with Crippen LogP contribution in [0.15, 0.2) is 33.5 Å². The monoisotopic (exact) mass is 346 g/mol. The molecule has 1 amide bonds. The first-order chi connectivity index (χ1) is 11.9. The normalized spacial score (nSPS) is 11.9. The molecule has 0 aliphatic rings. The Bertz CT molecular complexity index is 826. The SMILES string of the molecule is CCCCc1cc(=O)oc2cc(O[C@H](C)C(=O)NCC(=O)[O-])ccc12. The highest BCUT2D eigenvalue weighted by Crippen LogP contribution is 2.24. The average Bonchev–Trinajstić information content (AvgIpc) is 2.56. The molecular weight excluding hydrogens is 326 g/mol. The molecule has 0 radical (unpaired) electrons. The van der Waals surface area contributed by atoms with Crippen molar-refractivity contribution in [2.24, 2.45) is 0 Å². The summed E-state index contributed by atoms with van der Waals surface area (Å²) in [5.41, 5.74) is 0.869. The van der Waals surface area contributed by atoms with E-state index in [4.69, 9.17) is 9.15 Å². The first kappa shape index (κ1) is 18.5. The van der Waals surface area contributed by atoms with Crippen molar-refractivity contribution in [3.05, 3.63) is 40.2 Å². The minimum absolute atomic E-state index is 0.347. The molecule has 0 aliphatic heterocycles. The fraction of sp³-hybridized carbons (Fsp3) is 0.389. The van der Waals surface area contributed by atoms with Gasteiger partial charge in [0.2, 0.25) is 0 Å². The van der Waals surface area contributed by atoms with E-state index in [-0.39, 0.29) is 0 Å². The summed E-state index contributed by atoms with van der Waals surface area (Å²) in [7, 11) is 0. The summed E-state index contributed by atoms with van der Waals surface area (Å²) >= 11 is 0. The van der Waals surface area contributed by atoms with Crippen LogP contribution in [0.3, 0.4) is 0 Å². The summed E-state index contributed by atoms with van der Waals surface area (Å²) in [6, 6.07) is 6.51. The molecule has 1 aromatic carbocycles. The van der Waals surface area contributed by atoms with Gasteiger partial charge in [0.15, 0.2) is 6.10 Å². The summed E-state index contributed by atoms with van der Waals surface area (Å²) in [5.74, 6) is -1.62. The number of aliphatic carboxylic acids is 1. The Hall–Kier alpha value is -2.83. The van der Waals surface area contributed by atoms with Crippen LogP contribution in [0, 0.1) is 0 Å². The second-order valence-corrected chi connectivity index (χ2v) is 5.70. The largest absolute Gasteiger partial charge is 0.548 e. The van der Waals surface area contributed by atoms with Crippen LogP contribution in [0.4, 0.5) is 0 Å². The van der Waals surface area contributed by atoms with Crippen LogP contribution >= 0.6 is 0 Å². The third kappa shape index (κ3) is 5.07. The van der Waals surface area contributed by atoms with Gasteiger partial charge >= 0.3 is 5.63 Å². The zero-order valence-corrected chi connectivity index (χ0v) is 14.2. The Balaban J connectivity index is 2.19. The Kier molecular flexibility index (Phi) is 6.16. The van der Waals surface area contributed by atoms with Crippen molar-refractivity contribution in [3.8, 4) is 5.75 Å². The van der Waals surface area contributed by atoms with Crippen molar-refractivity contribution < 1.29 is 23.8 Å². The lowest BCUT2D eigenvalue weighted by Gasteiger charge is -2.15. The minimum atomic E-state index is -1.38. The van der Waals surface area contributed by atoms with Crippen molar-refractivity contribution in [2.75, 3.05) is 6.54 Å². The number of carboxylic acids is 1. The van der Waals surface area contributed by atoms with Crippen LogP contribution in [0.1, 0.15) is 32.3 Å². The maximum Gasteiger partial charge on any atom is 0.336 e. The maximum absolute atomic E-state index is 11.7. The number of hydrogen-bond acceptors (Lipinski definition) is 6. The molecule has 0 spiro atoms. The first-order valence-corrected chi connectivity index (χ1v) is 8.11. The van der Waals surface area contributed by atoms with E-state index < -0.39 is 30.2 Å². The summed E-state index contributed by atoms with van der Waals surface area (Å²) in [6.07, 6.45) is 1.85. The molecule has 2 aromatic rings. The molecule has 1 N–H and O–H groups in total. The molecule has 0 unspecified atom stereocenters. The molecule has 1 heterocycles. The second-order valence-electron chi connectivity index (χ2n) is 5.70. The molecule has 7 nitrogen and oxygen atoms in total. The van der Waals surface area contributed by atoms with Gasteiger partial charge in [0.1, 0.15) is 11.3 Å². The average molecular weight is 346 g/mol. The van der Waals surface area contributed by atoms with Crippen LogP contribution in [-0.2, 0) is 16.0 Å². The predicted octanol–water partition coefficient (Wildman–Crippen LogP) is 0.769. The minimum Gasteiger partial charge on any atom is -0.548 e. The van der Waals surface area contributed by atoms with E-state index in [2.05, 4.69) is 12.2 Å². The molecule has 0 bridgehead atoms. The van der Waals surface area contributed by atoms with Crippen LogP contribution in [0.25, 0.3) is 11.0 Å². The third-order valence-electron chi connectivity index (χ3n) is 3.69. The van der Waals surface area contributed by atoms with Gasteiger partial charge in [-0.3, -0.25) is 4.79 Å². The topological polar surface area (TPSA) is 109 Å². The zero-order chi connectivity index (χ0) is 18.4. The molecule has 0 aliphatic carbocycles.